The van der Waals surface area contributed by atoms with Gasteiger partial charge in [0.2, 0.25) is 5.92 Å². The molecule has 1 amide bonds. The maximum atomic E-state index is 13.4. The molecule has 1 aromatic carbocycles. The number of aliphatic hydroxyl groups is 1. The zero-order chi connectivity index (χ0) is 21.5. The van der Waals surface area contributed by atoms with E-state index in [1.54, 1.807) is 20.1 Å². The van der Waals surface area contributed by atoms with Crippen LogP contribution in [0.5, 0.6) is 5.75 Å². The Morgan fingerprint density at radius 3 is 2.60 bits per heavy atom. The average Bonchev–Trinajstić information content (AvgIpc) is 2.71. The smallest absolute Gasteiger partial charge is 0.253 e. The molecule has 0 bridgehead atoms. The minimum absolute atomic E-state index is 0.00428. The first kappa shape index (κ1) is 20.8. The van der Waals surface area contributed by atoms with E-state index in [0.717, 1.165) is 29.4 Å². The second-order valence-electron chi connectivity index (χ2n) is 8.70. The third-order valence-corrected chi connectivity index (χ3v) is 6.32. The molecule has 6 nitrogen and oxygen atoms in total. The molecule has 1 saturated carbocycles. The van der Waals surface area contributed by atoms with Gasteiger partial charge in [0.15, 0.2) is 0 Å². The number of alkyl halides is 2. The number of ether oxygens (including phenoxy) is 1. The normalized spacial score (nSPS) is 20.6. The number of benzene rings is 1. The van der Waals surface area contributed by atoms with Gasteiger partial charge in [-0.05, 0) is 37.3 Å². The number of fused-ring (bicyclic) bond motifs is 1. The van der Waals surface area contributed by atoms with Crippen molar-refractivity contribution in [2.45, 2.75) is 44.6 Å². The fraction of sp³-hybridized carbons (Fsp3) is 0.545. The molecule has 1 aromatic heterocycles. The quantitative estimate of drug-likeness (QED) is 0.777. The third kappa shape index (κ3) is 3.93. The molecule has 4 rings (SSSR count). The Morgan fingerprint density at radius 2 is 2.00 bits per heavy atom. The number of carbonyl (C=O) groups is 1. The van der Waals surface area contributed by atoms with E-state index in [1.807, 2.05) is 12.1 Å². The number of hydrogen-bond acceptors (Lipinski definition) is 5. The first-order valence-corrected chi connectivity index (χ1v) is 10.3. The Bertz CT molecular complexity index is 948. The number of halogens is 2. The standard InChI is InChI=1S/C22H27F2N3O3/c1-14(11-28)26-20(29)16-7-15-8-17(30-2)9-18(19(15)25-10-16)27-5-3-21(4-6-27)12-22(23,24)13-21/h7-10,14,28H,3-6,11-13H2,1-2H3,(H,26,29)/t14-/m1/s1. The van der Waals surface area contributed by atoms with Gasteiger partial charge in [0.1, 0.15) is 5.75 Å². The summed E-state index contributed by atoms with van der Waals surface area (Å²) in [6, 6.07) is 5.14. The number of aliphatic hydroxyl groups excluding tert-OH is 1. The van der Waals surface area contributed by atoms with Crippen LogP contribution in [-0.4, -0.2) is 54.8 Å². The van der Waals surface area contributed by atoms with Crippen LogP contribution in [-0.2, 0) is 0 Å². The summed E-state index contributed by atoms with van der Waals surface area (Å²) in [6.45, 7) is 2.95. The van der Waals surface area contributed by atoms with Gasteiger partial charge >= 0.3 is 0 Å². The molecule has 162 valence electrons. The minimum Gasteiger partial charge on any atom is -0.497 e. The molecular weight excluding hydrogens is 392 g/mol. The Hall–Kier alpha value is -2.48. The van der Waals surface area contributed by atoms with E-state index in [1.165, 1.54) is 6.20 Å². The van der Waals surface area contributed by atoms with Gasteiger partial charge in [-0.1, -0.05) is 0 Å². The molecular formula is C22H27F2N3O3. The molecule has 30 heavy (non-hydrogen) atoms. The first-order valence-electron chi connectivity index (χ1n) is 10.3. The molecule has 2 aliphatic rings. The molecule has 1 aliphatic heterocycles. The van der Waals surface area contributed by atoms with Crippen LogP contribution in [0.15, 0.2) is 24.4 Å². The summed E-state index contributed by atoms with van der Waals surface area (Å²) in [6.07, 6.45) is 2.99. The fourth-order valence-electron chi connectivity index (χ4n) is 4.66. The summed E-state index contributed by atoms with van der Waals surface area (Å²) in [7, 11) is 1.58. The van der Waals surface area contributed by atoms with Gasteiger partial charge in [-0.15, -0.1) is 0 Å². The Balaban J connectivity index is 1.60. The van der Waals surface area contributed by atoms with Crippen molar-refractivity contribution in [1.82, 2.24) is 10.3 Å². The van der Waals surface area contributed by atoms with E-state index in [2.05, 4.69) is 15.2 Å². The molecule has 1 aliphatic carbocycles. The SMILES string of the molecule is COc1cc(N2CCC3(CC2)CC(F)(F)C3)c2ncc(C(=O)N[C@H](C)CO)cc2c1. The van der Waals surface area contributed by atoms with E-state index in [-0.39, 0.29) is 36.8 Å². The summed E-state index contributed by atoms with van der Waals surface area (Å²) >= 11 is 0. The molecule has 2 heterocycles. The molecule has 2 N–H and O–H groups in total. The van der Waals surface area contributed by atoms with E-state index in [4.69, 9.17) is 9.84 Å². The second kappa shape index (κ2) is 7.65. The maximum absolute atomic E-state index is 13.4. The highest BCUT2D eigenvalue weighted by atomic mass is 19.3. The third-order valence-electron chi connectivity index (χ3n) is 6.32. The van der Waals surface area contributed by atoms with Gasteiger partial charge < -0.3 is 20.1 Å². The topological polar surface area (TPSA) is 74.7 Å². The molecule has 8 heteroatoms. The van der Waals surface area contributed by atoms with E-state index in [9.17, 15) is 13.6 Å². The Kier molecular flexibility index (Phi) is 5.30. The largest absolute Gasteiger partial charge is 0.497 e. The molecule has 2 aromatic rings. The van der Waals surface area contributed by atoms with Crippen LogP contribution in [0.2, 0.25) is 0 Å². The van der Waals surface area contributed by atoms with Gasteiger partial charge in [-0.3, -0.25) is 9.78 Å². The zero-order valence-corrected chi connectivity index (χ0v) is 17.3. The van der Waals surface area contributed by atoms with Crippen molar-refractivity contribution in [3.05, 3.63) is 30.0 Å². The Labute approximate surface area is 174 Å². The van der Waals surface area contributed by atoms with Crippen molar-refractivity contribution in [3.8, 4) is 5.75 Å². The van der Waals surface area contributed by atoms with Crippen LogP contribution in [0.4, 0.5) is 14.5 Å². The lowest BCUT2D eigenvalue weighted by atomic mass is 9.61. The number of piperidine rings is 1. The summed E-state index contributed by atoms with van der Waals surface area (Å²) in [5, 5.41) is 12.6. The van der Waals surface area contributed by atoms with Crippen LogP contribution in [0.3, 0.4) is 0 Å². The summed E-state index contributed by atoms with van der Waals surface area (Å²) in [4.78, 5) is 19.1. The summed E-state index contributed by atoms with van der Waals surface area (Å²) in [5.74, 6) is -2.16. The molecule has 0 radical (unpaired) electrons. The lowest BCUT2D eigenvalue weighted by molar-refractivity contribution is -0.168. The van der Waals surface area contributed by atoms with Crippen LogP contribution in [0, 0.1) is 5.41 Å². The number of anilines is 1. The van der Waals surface area contributed by atoms with Gasteiger partial charge in [0.25, 0.3) is 5.91 Å². The number of pyridine rings is 1. The number of rotatable bonds is 5. The van der Waals surface area contributed by atoms with Crippen molar-refractivity contribution in [1.29, 1.82) is 0 Å². The van der Waals surface area contributed by atoms with Gasteiger partial charge in [0.05, 0.1) is 30.5 Å². The zero-order valence-electron chi connectivity index (χ0n) is 17.3. The van der Waals surface area contributed by atoms with Gasteiger partial charge in [0, 0.05) is 49.6 Å². The molecule has 0 unspecified atom stereocenters. The molecule has 2 fully saturated rings. The van der Waals surface area contributed by atoms with Crippen molar-refractivity contribution in [2.24, 2.45) is 5.41 Å². The number of amides is 1. The van der Waals surface area contributed by atoms with Crippen molar-refractivity contribution in [2.75, 3.05) is 31.7 Å². The highest BCUT2D eigenvalue weighted by Gasteiger charge is 2.56. The van der Waals surface area contributed by atoms with Crippen molar-refractivity contribution < 1.29 is 23.4 Å². The Morgan fingerprint density at radius 1 is 1.30 bits per heavy atom. The summed E-state index contributed by atoms with van der Waals surface area (Å²) in [5.41, 5.74) is 1.81. The van der Waals surface area contributed by atoms with Gasteiger partial charge in [-0.25, -0.2) is 8.78 Å². The highest BCUT2D eigenvalue weighted by molar-refractivity contribution is 6.00. The van der Waals surface area contributed by atoms with E-state index < -0.39 is 5.92 Å². The predicted molar refractivity (Wildman–Crippen MR) is 110 cm³/mol. The van der Waals surface area contributed by atoms with Crippen LogP contribution in [0.25, 0.3) is 10.9 Å². The monoisotopic (exact) mass is 419 g/mol. The maximum Gasteiger partial charge on any atom is 0.253 e. The van der Waals surface area contributed by atoms with E-state index >= 15 is 0 Å². The molecule has 1 saturated heterocycles. The predicted octanol–water partition coefficient (Wildman–Crippen LogP) is 3.37. The average molecular weight is 419 g/mol. The first-order chi connectivity index (χ1) is 14.2. The number of hydrogen-bond donors (Lipinski definition) is 2. The number of aromatic nitrogens is 1. The lowest BCUT2D eigenvalue weighted by Gasteiger charge is -2.52. The minimum atomic E-state index is -2.50. The number of carbonyl (C=O) groups excluding carboxylic acids is 1. The van der Waals surface area contributed by atoms with Gasteiger partial charge in [-0.2, -0.15) is 0 Å². The number of nitrogens with zero attached hydrogens (tertiary/aromatic N) is 2. The molecule has 1 spiro atoms. The lowest BCUT2D eigenvalue weighted by Crippen LogP contribution is -2.52. The van der Waals surface area contributed by atoms with Crippen LogP contribution < -0.4 is 15.0 Å². The molecule has 1 atom stereocenters. The van der Waals surface area contributed by atoms with Crippen molar-refractivity contribution in [3.63, 3.8) is 0 Å². The van der Waals surface area contributed by atoms with Crippen LogP contribution in [0.1, 0.15) is 43.0 Å². The number of nitrogens with one attached hydrogen (secondary N) is 1. The number of methoxy groups -OCH3 is 1. The second-order valence-corrected chi connectivity index (χ2v) is 8.70. The van der Waals surface area contributed by atoms with Crippen molar-refractivity contribution >= 4 is 22.5 Å². The van der Waals surface area contributed by atoms with E-state index in [0.29, 0.717) is 24.4 Å². The van der Waals surface area contributed by atoms with Crippen LogP contribution >= 0.6 is 0 Å². The fourth-order valence-corrected chi connectivity index (χ4v) is 4.66. The summed E-state index contributed by atoms with van der Waals surface area (Å²) < 4.78 is 32.3. The highest BCUT2D eigenvalue weighted by Crippen LogP contribution is 2.57.